The van der Waals surface area contributed by atoms with Gasteiger partial charge in [-0.05, 0) is 18.6 Å². The molecule has 72 valence electrons. The number of oxazole rings is 1. The molecule has 0 radical (unpaired) electrons. The summed E-state index contributed by atoms with van der Waals surface area (Å²) in [6.45, 7) is 1.57. The fourth-order valence-corrected chi connectivity index (χ4v) is 1.79. The molecule has 0 amide bonds. The molecule has 1 aliphatic heterocycles. The van der Waals surface area contributed by atoms with Crippen LogP contribution in [0.25, 0.3) is 11.1 Å². The molecule has 0 N–H and O–H groups in total. The van der Waals surface area contributed by atoms with E-state index in [9.17, 15) is 0 Å². The Morgan fingerprint density at radius 2 is 2.21 bits per heavy atom. The second kappa shape index (κ2) is 3.10. The van der Waals surface area contributed by atoms with Gasteiger partial charge >= 0.3 is 0 Å². The van der Waals surface area contributed by atoms with Gasteiger partial charge in [-0.3, -0.25) is 0 Å². The van der Waals surface area contributed by atoms with Gasteiger partial charge in [0.1, 0.15) is 5.52 Å². The minimum absolute atomic E-state index is 0.349. The van der Waals surface area contributed by atoms with Crippen molar-refractivity contribution in [1.29, 1.82) is 0 Å². The van der Waals surface area contributed by atoms with Gasteiger partial charge in [-0.25, -0.2) is 4.98 Å². The number of para-hydroxylation sites is 2. The number of fused-ring (bicyclic) bond motifs is 1. The van der Waals surface area contributed by atoms with E-state index in [1.54, 1.807) is 0 Å². The third-order valence-electron chi connectivity index (χ3n) is 2.59. The van der Waals surface area contributed by atoms with Crippen molar-refractivity contribution in [3.05, 3.63) is 30.2 Å². The summed E-state index contributed by atoms with van der Waals surface area (Å²) in [5.41, 5.74) is 1.81. The van der Waals surface area contributed by atoms with E-state index in [0.717, 1.165) is 36.6 Å². The van der Waals surface area contributed by atoms with Crippen LogP contribution < -0.4 is 0 Å². The summed E-state index contributed by atoms with van der Waals surface area (Å²) < 4.78 is 11.0. The van der Waals surface area contributed by atoms with Crippen molar-refractivity contribution in [2.75, 3.05) is 13.2 Å². The van der Waals surface area contributed by atoms with Crippen LogP contribution in [0.15, 0.2) is 28.7 Å². The van der Waals surface area contributed by atoms with Crippen LogP contribution in [0.2, 0.25) is 0 Å². The summed E-state index contributed by atoms with van der Waals surface area (Å²) in [5.74, 6) is 1.17. The predicted octanol–water partition coefficient (Wildman–Crippen LogP) is 2.33. The average molecular weight is 189 g/mol. The Balaban J connectivity index is 2.05. The Kier molecular flexibility index (Phi) is 1.77. The monoisotopic (exact) mass is 189 g/mol. The van der Waals surface area contributed by atoms with Gasteiger partial charge in [0.15, 0.2) is 5.58 Å². The number of hydrogen-bond acceptors (Lipinski definition) is 3. The average Bonchev–Trinajstić information content (AvgIpc) is 2.86. The van der Waals surface area contributed by atoms with E-state index < -0.39 is 0 Å². The molecular weight excluding hydrogens is 178 g/mol. The van der Waals surface area contributed by atoms with E-state index in [1.807, 2.05) is 24.3 Å². The number of ether oxygens (including phenoxy) is 1. The largest absolute Gasteiger partial charge is 0.440 e. The van der Waals surface area contributed by atoms with Gasteiger partial charge in [-0.15, -0.1) is 0 Å². The number of benzene rings is 1. The lowest BCUT2D eigenvalue weighted by Gasteiger charge is -1.98. The van der Waals surface area contributed by atoms with E-state index in [4.69, 9.17) is 9.15 Å². The van der Waals surface area contributed by atoms with Crippen LogP contribution in [0.3, 0.4) is 0 Å². The highest BCUT2D eigenvalue weighted by molar-refractivity contribution is 5.72. The van der Waals surface area contributed by atoms with Crippen molar-refractivity contribution >= 4 is 11.1 Å². The van der Waals surface area contributed by atoms with E-state index in [-0.39, 0.29) is 0 Å². The van der Waals surface area contributed by atoms with Gasteiger partial charge in [-0.1, -0.05) is 12.1 Å². The summed E-state index contributed by atoms with van der Waals surface area (Å²) in [6, 6.07) is 7.85. The molecule has 1 fully saturated rings. The fraction of sp³-hybridized carbons (Fsp3) is 0.364. The lowest BCUT2D eigenvalue weighted by Crippen LogP contribution is -1.96. The molecule has 0 saturated carbocycles. The van der Waals surface area contributed by atoms with Crippen LogP contribution in [0, 0.1) is 0 Å². The molecule has 2 heterocycles. The SMILES string of the molecule is c1ccc2oc(C3CCOC3)nc2c1. The zero-order chi connectivity index (χ0) is 9.38. The second-order valence-corrected chi connectivity index (χ2v) is 3.58. The quantitative estimate of drug-likeness (QED) is 0.690. The van der Waals surface area contributed by atoms with Crippen molar-refractivity contribution < 1.29 is 9.15 Å². The zero-order valence-electron chi connectivity index (χ0n) is 7.77. The van der Waals surface area contributed by atoms with E-state index in [1.165, 1.54) is 0 Å². The van der Waals surface area contributed by atoms with Gasteiger partial charge in [-0.2, -0.15) is 0 Å². The third kappa shape index (κ3) is 1.21. The first-order chi connectivity index (χ1) is 6.93. The molecule has 1 aromatic carbocycles. The predicted molar refractivity (Wildman–Crippen MR) is 52.2 cm³/mol. The maximum absolute atomic E-state index is 5.66. The third-order valence-corrected chi connectivity index (χ3v) is 2.59. The minimum Gasteiger partial charge on any atom is -0.440 e. The van der Waals surface area contributed by atoms with Crippen LogP contribution in [0.1, 0.15) is 18.2 Å². The molecule has 0 aliphatic carbocycles. The van der Waals surface area contributed by atoms with E-state index in [0.29, 0.717) is 5.92 Å². The van der Waals surface area contributed by atoms with Crippen LogP contribution in [0.4, 0.5) is 0 Å². The van der Waals surface area contributed by atoms with Gasteiger partial charge in [0.2, 0.25) is 5.89 Å². The molecule has 3 heteroatoms. The first-order valence-electron chi connectivity index (χ1n) is 4.87. The van der Waals surface area contributed by atoms with Gasteiger partial charge < -0.3 is 9.15 Å². The summed E-state index contributed by atoms with van der Waals surface area (Å²) in [7, 11) is 0. The molecule has 3 nitrogen and oxygen atoms in total. The molecule has 3 rings (SSSR count). The highest BCUT2D eigenvalue weighted by Gasteiger charge is 2.22. The topological polar surface area (TPSA) is 35.3 Å². The number of hydrogen-bond donors (Lipinski definition) is 0. The van der Waals surface area contributed by atoms with Gasteiger partial charge in [0.05, 0.1) is 12.5 Å². The molecule has 1 unspecified atom stereocenters. The Labute approximate surface area is 81.7 Å². The van der Waals surface area contributed by atoms with Crippen molar-refractivity contribution in [3.8, 4) is 0 Å². The van der Waals surface area contributed by atoms with E-state index in [2.05, 4.69) is 4.98 Å². The summed E-state index contributed by atoms with van der Waals surface area (Å²) in [6.07, 6.45) is 1.02. The molecule has 1 atom stereocenters. The highest BCUT2D eigenvalue weighted by Crippen LogP contribution is 2.27. The fourth-order valence-electron chi connectivity index (χ4n) is 1.79. The summed E-state index contributed by atoms with van der Waals surface area (Å²) in [4.78, 5) is 4.45. The molecule has 0 spiro atoms. The van der Waals surface area contributed by atoms with E-state index >= 15 is 0 Å². The van der Waals surface area contributed by atoms with Crippen LogP contribution in [-0.4, -0.2) is 18.2 Å². The maximum atomic E-state index is 5.66. The van der Waals surface area contributed by atoms with Crippen LogP contribution in [0.5, 0.6) is 0 Å². The highest BCUT2D eigenvalue weighted by atomic mass is 16.5. The van der Waals surface area contributed by atoms with Crippen LogP contribution >= 0.6 is 0 Å². The smallest absolute Gasteiger partial charge is 0.201 e. The van der Waals surface area contributed by atoms with Crippen LogP contribution in [-0.2, 0) is 4.74 Å². The lowest BCUT2D eigenvalue weighted by atomic mass is 10.1. The van der Waals surface area contributed by atoms with Crippen molar-refractivity contribution in [2.24, 2.45) is 0 Å². The number of rotatable bonds is 1. The molecule has 0 bridgehead atoms. The lowest BCUT2D eigenvalue weighted by molar-refractivity contribution is 0.191. The Bertz CT molecular complexity index is 410. The standard InChI is InChI=1S/C11H11NO2/c1-2-4-10-9(3-1)12-11(14-10)8-5-6-13-7-8/h1-4,8H,5-7H2. The molecular formula is C11H11NO2. The summed E-state index contributed by atoms with van der Waals surface area (Å²) >= 11 is 0. The molecule has 1 aromatic heterocycles. The van der Waals surface area contributed by atoms with Crippen molar-refractivity contribution in [3.63, 3.8) is 0 Å². The second-order valence-electron chi connectivity index (χ2n) is 3.58. The molecule has 14 heavy (non-hydrogen) atoms. The van der Waals surface area contributed by atoms with Gasteiger partial charge in [0.25, 0.3) is 0 Å². The molecule has 1 aliphatic rings. The first-order valence-corrected chi connectivity index (χ1v) is 4.87. The Hall–Kier alpha value is -1.35. The van der Waals surface area contributed by atoms with Gasteiger partial charge in [0, 0.05) is 6.61 Å². The Morgan fingerprint density at radius 1 is 1.29 bits per heavy atom. The van der Waals surface area contributed by atoms with Crippen molar-refractivity contribution in [2.45, 2.75) is 12.3 Å². The maximum Gasteiger partial charge on any atom is 0.201 e. The van der Waals surface area contributed by atoms with Crippen molar-refractivity contribution in [1.82, 2.24) is 4.98 Å². The molecule has 1 saturated heterocycles. The normalized spacial score (nSPS) is 21.9. The molecule has 2 aromatic rings. The zero-order valence-corrected chi connectivity index (χ0v) is 7.77. The first kappa shape index (κ1) is 8.00. The summed E-state index contributed by atoms with van der Waals surface area (Å²) in [5, 5.41) is 0. The number of nitrogens with zero attached hydrogens (tertiary/aromatic N) is 1. The minimum atomic E-state index is 0.349. The number of aromatic nitrogens is 1. The Morgan fingerprint density at radius 3 is 3.00 bits per heavy atom.